The standard InChI is InChI=1S/C19H13FN2O3S/c20-15-5-1-14(2-6-15)12-22-18(23)17(26-19(22)24)11-13-3-7-16(8-4-13)25-10-9-21/h1-8,11H,10,12H2/b17-11-. The molecule has 0 bridgehead atoms. The summed E-state index contributed by atoms with van der Waals surface area (Å²) in [6, 6.07) is 14.4. The highest BCUT2D eigenvalue weighted by molar-refractivity contribution is 8.18. The van der Waals surface area contributed by atoms with Crippen LogP contribution in [0.25, 0.3) is 6.08 Å². The fourth-order valence-corrected chi connectivity index (χ4v) is 3.17. The van der Waals surface area contributed by atoms with E-state index in [0.717, 1.165) is 22.2 Å². The van der Waals surface area contributed by atoms with Gasteiger partial charge in [-0.15, -0.1) is 0 Å². The number of nitriles is 1. The first kappa shape index (κ1) is 17.7. The van der Waals surface area contributed by atoms with Gasteiger partial charge in [0.25, 0.3) is 11.1 Å². The molecule has 0 radical (unpaired) electrons. The Morgan fingerprint density at radius 1 is 1.12 bits per heavy atom. The molecule has 1 saturated heterocycles. The summed E-state index contributed by atoms with van der Waals surface area (Å²) in [5, 5.41) is 8.13. The molecule has 26 heavy (non-hydrogen) atoms. The fraction of sp³-hybridized carbons (Fsp3) is 0.105. The Balaban J connectivity index is 1.72. The van der Waals surface area contributed by atoms with Gasteiger partial charge in [-0.1, -0.05) is 24.3 Å². The minimum absolute atomic E-state index is 0.0401. The number of rotatable bonds is 5. The van der Waals surface area contributed by atoms with Crippen molar-refractivity contribution in [3.05, 3.63) is 70.4 Å². The van der Waals surface area contributed by atoms with E-state index >= 15 is 0 Å². The Hall–Kier alpha value is -3.11. The van der Waals surface area contributed by atoms with Crippen LogP contribution in [0.15, 0.2) is 53.4 Å². The van der Waals surface area contributed by atoms with Crippen LogP contribution in [0.4, 0.5) is 9.18 Å². The van der Waals surface area contributed by atoms with Gasteiger partial charge in [0.1, 0.15) is 17.6 Å². The van der Waals surface area contributed by atoms with E-state index < -0.39 is 0 Å². The third-order valence-corrected chi connectivity index (χ3v) is 4.52. The number of amides is 2. The minimum atomic E-state index is -0.380. The summed E-state index contributed by atoms with van der Waals surface area (Å²) in [4.78, 5) is 26.1. The van der Waals surface area contributed by atoms with Crippen molar-refractivity contribution in [2.75, 3.05) is 6.61 Å². The monoisotopic (exact) mass is 368 g/mol. The lowest BCUT2D eigenvalue weighted by Crippen LogP contribution is -2.27. The summed E-state index contributed by atoms with van der Waals surface area (Å²) >= 11 is 0.867. The van der Waals surface area contributed by atoms with Crippen LogP contribution in [0.1, 0.15) is 11.1 Å². The minimum Gasteiger partial charge on any atom is -0.479 e. The molecule has 7 heteroatoms. The van der Waals surface area contributed by atoms with Gasteiger partial charge in [-0.05, 0) is 53.2 Å². The first-order valence-electron chi connectivity index (χ1n) is 7.66. The average Bonchev–Trinajstić information content (AvgIpc) is 2.90. The van der Waals surface area contributed by atoms with E-state index in [-0.39, 0.29) is 30.1 Å². The molecule has 0 unspecified atom stereocenters. The van der Waals surface area contributed by atoms with Crippen molar-refractivity contribution < 1.29 is 18.7 Å². The second kappa shape index (κ2) is 7.85. The zero-order chi connectivity index (χ0) is 18.5. The number of carbonyl (C=O) groups excluding carboxylic acids is 2. The first-order chi connectivity index (χ1) is 12.6. The Bertz CT molecular complexity index is 902. The van der Waals surface area contributed by atoms with E-state index in [1.165, 1.54) is 12.1 Å². The molecule has 2 aromatic rings. The van der Waals surface area contributed by atoms with Crippen LogP contribution in [0.5, 0.6) is 5.75 Å². The highest BCUT2D eigenvalue weighted by atomic mass is 32.2. The maximum absolute atomic E-state index is 13.0. The van der Waals surface area contributed by atoms with Crippen LogP contribution in [0.2, 0.25) is 0 Å². The zero-order valence-corrected chi connectivity index (χ0v) is 14.3. The average molecular weight is 368 g/mol. The number of benzene rings is 2. The van der Waals surface area contributed by atoms with E-state index in [4.69, 9.17) is 10.00 Å². The second-order valence-electron chi connectivity index (χ2n) is 5.41. The van der Waals surface area contributed by atoms with Gasteiger partial charge in [-0.3, -0.25) is 14.5 Å². The summed E-state index contributed by atoms with van der Waals surface area (Å²) < 4.78 is 18.1. The Kier molecular flexibility index (Phi) is 5.34. The number of carbonyl (C=O) groups is 2. The van der Waals surface area contributed by atoms with Crippen LogP contribution < -0.4 is 4.74 Å². The third-order valence-electron chi connectivity index (χ3n) is 3.61. The lowest BCUT2D eigenvalue weighted by Gasteiger charge is -2.12. The molecule has 3 rings (SSSR count). The van der Waals surface area contributed by atoms with Crippen molar-refractivity contribution in [3.8, 4) is 11.8 Å². The van der Waals surface area contributed by atoms with Crippen molar-refractivity contribution in [1.29, 1.82) is 5.26 Å². The maximum Gasteiger partial charge on any atom is 0.293 e. The quantitative estimate of drug-likeness (QED) is 0.747. The van der Waals surface area contributed by atoms with Crippen LogP contribution >= 0.6 is 11.8 Å². The predicted octanol–water partition coefficient (Wildman–Crippen LogP) is 3.96. The zero-order valence-electron chi connectivity index (χ0n) is 13.5. The number of thioether (sulfide) groups is 1. The second-order valence-corrected chi connectivity index (χ2v) is 6.40. The van der Waals surface area contributed by atoms with Crippen LogP contribution in [0, 0.1) is 17.1 Å². The van der Waals surface area contributed by atoms with Crippen molar-refractivity contribution in [2.24, 2.45) is 0 Å². The van der Waals surface area contributed by atoms with E-state index in [9.17, 15) is 14.0 Å². The Morgan fingerprint density at radius 2 is 1.81 bits per heavy atom. The van der Waals surface area contributed by atoms with Gasteiger partial charge in [-0.25, -0.2) is 4.39 Å². The summed E-state index contributed by atoms with van der Waals surface area (Å²) in [5.41, 5.74) is 1.41. The predicted molar refractivity (Wildman–Crippen MR) is 95.5 cm³/mol. The normalized spacial score (nSPS) is 15.4. The van der Waals surface area contributed by atoms with Gasteiger partial charge in [0.05, 0.1) is 11.4 Å². The molecule has 0 atom stereocenters. The summed E-state index contributed by atoms with van der Waals surface area (Å²) in [5.74, 6) is -0.202. The molecule has 1 heterocycles. The largest absolute Gasteiger partial charge is 0.479 e. The molecule has 2 amide bonds. The lowest BCUT2D eigenvalue weighted by atomic mass is 10.2. The number of nitrogens with zero attached hydrogens (tertiary/aromatic N) is 2. The van der Waals surface area contributed by atoms with Gasteiger partial charge in [-0.2, -0.15) is 5.26 Å². The topological polar surface area (TPSA) is 70.4 Å². The van der Waals surface area contributed by atoms with E-state index in [1.807, 2.05) is 6.07 Å². The summed E-state index contributed by atoms with van der Waals surface area (Å²) in [6.45, 7) is 0.0604. The van der Waals surface area contributed by atoms with E-state index in [1.54, 1.807) is 42.5 Å². The lowest BCUT2D eigenvalue weighted by molar-refractivity contribution is -0.123. The highest BCUT2D eigenvalue weighted by Gasteiger charge is 2.34. The first-order valence-corrected chi connectivity index (χ1v) is 8.48. The molecule has 0 aliphatic carbocycles. The van der Waals surface area contributed by atoms with Gasteiger partial charge < -0.3 is 4.74 Å². The fourth-order valence-electron chi connectivity index (χ4n) is 2.34. The molecule has 0 N–H and O–H groups in total. The number of hydrogen-bond acceptors (Lipinski definition) is 5. The van der Waals surface area contributed by atoms with Crippen LogP contribution in [-0.4, -0.2) is 22.7 Å². The van der Waals surface area contributed by atoms with Crippen molar-refractivity contribution in [1.82, 2.24) is 4.90 Å². The molecule has 0 saturated carbocycles. The Labute approximate surface area is 153 Å². The molecular formula is C19H13FN2O3S. The van der Waals surface area contributed by atoms with Gasteiger partial charge >= 0.3 is 0 Å². The van der Waals surface area contributed by atoms with Gasteiger partial charge in [0, 0.05) is 0 Å². The smallest absolute Gasteiger partial charge is 0.293 e. The molecule has 130 valence electrons. The Morgan fingerprint density at radius 3 is 2.46 bits per heavy atom. The molecule has 1 aliphatic heterocycles. The molecule has 5 nitrogen and oxygen atoms in total. The SMILES string of the molecule is N#CCOc1ccc(/C=C2\SC(=O)N(Cc3ccc(F)cc3)C2=O)cc1. The summed E-state index contributed by atoms with van der Waals surface area (Å²) in [7, 11) is 0. The number of halogens is 1. The molecule has 2 aromatic carbocycles. The molecule has 0 spiro atoms. The molecule has 1 aliphatic rings. The van der Waals surface area contributed by atoms with Crippen LogP contribution in [-0.2, 0) is 11.3 Å². The maximum atomic E-state index is 13.0. The summed E-state index contributed by atoms with van der Waals surface area (Å²) in [6.07, 6.45) is 1.63. The number of hydrogen-bond donors (Lipinski definition) is 0. The van der Waals surface area contributed by atoms with Crippen molar-refractivity contribution in [2.45, 2.75) is 6.54 Å². The number of ether oxygens (including phenoxy) is 1. The highest BCUT2D eigenvalue weighted by Crippen LogP contribution is 2.33. The van der Waals surface area contributed by atoms with Crippen molar-refractivity contribution in [3.63, 3.8) is 0 Å². The third kappa shape index (κ3) is 4.10. The number of imide groups is 1. The van der Waals surface area contributed by atoms with Crippen LogP contribution in [0.3, 0.4) is 0 Å². The van der Waals surface area contributed by atoms with Crippen molar-refractivity contribution >= 4 is 29.0 Å². The molecular weight excluding hydrogens is 355 g/mol. The van der Waals surface area contributed by atoms with Gasteiger partial charge in [0.2, 0.25) is 0 Å². The van der Waals surface area contributed by atoms with E-state index in [0.29, 0.717) is 16.2 Å². The van der Waals surface area contributed by atoms with Gasteiger partial charge in [0.15, 0.2) is 6.61 Å². The van der Waals surface area contributed by atoms with E-state index in [2.05, 4.69) is 0 Å². The molecule has 1 fully saturated rings. The molecule has 0 aromatic heterocycles.